The highest BCUT2D eigenvalue weighted by Gasteiger charge is 2.39. The fraction of sp³-hybridized carbons (Fsp3) is 0.125. The van der Waals surface area contributed by atoms with Gasteiger partial charge in [-0.1, -0.05) is 42.5 Å². The largest absolute Gasteiger partial charge is 0.269 e. The first kappa shape index (κ1) is 12.9. The molecule has 0 unspecified atom stereocenters. The number of rotatable bonds is 3. The quantitative estimate of drug-likeness (QED) is 0.641. The highest BCUT2D eigenvalue weighted by atomic mass is 35.5. The second-order valence-electron chi connectivity index (χ2n) is 4.61. The van der Waals surface area contributed by atoms with E-state index in [1.54, 1.807) is 24.3 Å². The fourth-order valence-electron chi connectivity index (χ4n) is 2.47. The Bertz CT molecular complexity index is 634. The minimum absolute atomic E-state index is 0.176. The molecule has 0 radical (unpaired) electrons. The Labute approximate surface area is 121 Å². The Balaban J connectivity index is 2.03. The second-order valence-corrected chi connectivity index (χ2v) is 4.92. The summed E-state index contributed by atoms with van der Waals surface area (Å²) in [5, 5.41) is 0. The lowest BCUT2D eigenvalue weighted by Gasteiger charge is -2.24. The maximum Gasteiger partial charge on any atom is 0.262 e. The lowest BCUT2D eigenvalue weighted by atomic mass is 10.1. The molecule has 4 heteroatoms. The third-order valence-electron chi connectivity index (χ3n) is 3.47. The molecule has 20 heavy (non-hydrogen) atoms. The van der Waals surface area contributed by atoms with Crippen molar-refractivity contribution in [1.82, 2.24) is 4.90 Å². The number of benzene rings is 2. The van der Waals surface area contributed by atoms with Crippen molar-refractivity contribution >= 4 is 23.4 Å². The van der Waals surface area contributed by atoms with Crippen molar-refractivity contribution in [2.24, 2.45) is 0 Å². The number of hydrogen-bond donors (Lipinski definition) is 0. The van der Waals surface area contributed by atoms with Gasteiger partial charge in [-0.3, -0.25) is 14.5 Å². The summed E-state index contributed by atoms with van der Waals surface area (Å²) in [5.41, 5.74) is 1.75. The Morgan fingerprint density at radius 3 is 1.85 bits per heavy atom. The molecular formula is C16H12ClNO2. The summed E-state index contributed by atoms with van der Waals surface area (Å²) < 4.78 is 0. The second kappa shape index (κ2) is 5.10. The van der Waals surface area contributed by atoms with Gasteiger partial charge in [-0.25, -0.2) is 0 Å². The molecule has 0 spiro atoms. The number of halogens is 1. The topological polar surface area (TPSA) is 37.4 Å². The van der Waals surface area contributed by atoms with E-state index in [1.807, 2.05) is 30.3 Å². The molecule has 0 saturated carbocycles. The maximum atomic E-state index is 12.4. The number of alkyl halides is 1. The summed E-state index contributed by atoms with van der Waals surface area (Å²) in [6, 6.07) is 15.8. The van der Waals surface area contributed by atoms with Gasteiger partial charge in [0.1, 0.15) is 0 Å². The van der Waals surface area contributed by atoms with E-state index in [-0.39, 0.29) is 17.7 Å². The van der Waals surface area contributed by atoms with Crippen LogP contribution in [0, 0.1) is 0 Å². The van der Waals surface area contributed by atoms with E-state index in [1.165, 1.54) is 4.90 Å². The van der Waals surface area contributed by atoms with Crippen LogP contribution < -0.4 is 0 Å². The zero-order valence-electron chi connectivity index (χ0n) is 10.6. The molecular weight excluding hydrogens is 274 g/mol. The molecule has 2 amide bonds. The van der Waals surface area contributed by atoms with Crippen LogP contribution in [0.15, 0.2) is 54.6 Å². The van der Waals surface area contributed by atoms with Gasteiger partial charge < -0.3 is 0 Å². The Kier molecular flexibility index (Phi) is 3.28. The Morgan fingerprint density at radius 1 is 0.850 bits per heavy atom. The lowest BCUT2D eigenvalue weighted by Crippen LogP contribution is -2.35. The number of fused-ring (bicyclic) bond motifs is 1. The van der Waals surface area contributed by atoms with Gasteiger partial charge in [0.05, 0.1) is 17.2 Å². The number of amides is 2. The van der Waals surface area contributed by atoms with Gasteiger partial charge in [0.25, 0.3) is 11.8 Å². The van der Waals surface area contributed by atoms with Crippen LogP contribution >= 0.6 is 11.6 Å². The van der Waals surface area contributed by atoms with Gasteiger partial charge in [-0.2, -0.15) is 0 Å². The first-order chi connectivity index (χ1) is 9.74. The van der Waals surface area contributed by atoms with E-state index in [9.17, 15) is 9.59 Å². The summed E-state index contributed by atoms with van der Waals surface area (Å²) in [6.07, 6.45) is 0. The molecule has 2 aromatic carbocycles. The number of hydrogen-bond acceptors (Lipinski definition) is 2. The molecule has 3 rings (SSSR count). The predicted octanol–water partition coefficient (Wildman–Crippen LogP) is 3.26. The molecule has 0 bridgehead atoms. The summed E-state index contributed by atoms with van der Waals surface area (Å²) in [5.74, 6) is -0.379. The molecule has 1 aliphatic rings. The van der Waals surface area contributed by atoms with E-state index >= 15 is 0 Å². The molecule has 2 aromatic rings. The molecule has 1 heterocycles. The number of carbonyl (C=O) groups is 2. The van der Waals surface area contributed by atoms with E-state index in [0.29, 0.717) is 11.1 Å². The molecule has 0 fully saturated rings. The third kappa shape index (κ3) is 1.91. The first-order valence-electron chi connectivity index (χ1n) is 6.32. The smallest absolute Gasteiger partial charge is 0.262 e. The number of carbonyl (C=O) groups excluding carboxylic acids is 2. The van der Waals surface area contributed by atoms with Crippen molar-refractivity contribution < 1.29 is 9.59 Å². The van der Waals surface area contributed by atoms with Crippen LogP contribution in [-0.2, 0) is 0 Å². The van der Waals surface area contributed by atoms with Crippen LogP contribution in [0.5, 0.6) is 0 Å². The fourth-order valence-corrected chi connectivity index (χ4v) is 2.79. The highest BCUT2D eigenvalue weighted by molar-refractivity contribution is 6.23. The zero-order chi connectivity index (χ0) is 14.1. The van der Waals surface area contributed by atoms with Crippen LogP contribution in [0.3, 0.4) is 0 Å². The first-order valence-corrected chi connectivity index (χ1v) is 6.85. The summed E-state index contributed by atoms with van der Waals surface area (Å²) in [4.78, 5) is 26.1. The van der Waals surface area contributed by atoms with Crippen molar-refractivity contribution in [3.05, 3.63) is 71.3 Å². The normalized spacial score (nSPS) is 15.3. The number of nitrogens with zero attached hydrogens (tertiary/aromatic N) is 1. The molecule has 100 valence electrons. The van der Waals surface area contributed by atoms with Gasteiger partial charge in [0.15, 0.2) is 0 Å². The van der Waals surface area contributed by atoms with E-state index < -0.39 is 6.04 Å². The lowest BCUT2D eigenvalue weighted by molar-refractivity contribution is 0.0597. The summed E-state index contributed by atoms with van der Waals surface area (Å²) in [7, 11) is 0. The van der Waals surface area contributed by atoms with Gasteiger partial charge >= 0.3 is 0 Å². The average Bonchev–Trinajstić information content (AvgIpc) is 2.75. The SMILES string of the molecule is O=C1c2ccccc2C(=O)N1[C@@H](CCl)c1ccccc1. The highest BCUT2D eigenvalue weighted by Crippen LogP contribution is 2.31. The molecule has 0 saturated heterocycles. The van der Waals surface area contributed by atoms with Gasteiger partial charge in [0, 0.05) is 5.88 Å². The van der Waals surface area contributed by atoms with Crippen LogP contribution in [0.2, 0.25) is 0 Å². The maximum absolute atomic E-state index is 12.4. The third-order valence-corrected chi connectivity index (χ3v) is 3.76. The average molecular weight is 286 g/mol. The van der Waals surface area contributed by atoms with Gasteiger partial charge in [-0.15, -0.1) is 11.6 Å². The van der Waals surface area contributed by atoms with Crippen LogP contribution in [-0.4, -0.2) is 22.6 Å². The predicted molar refractivity (Wildman–Crippen MR) is 76.8 cm³/mol. The van der Waals surface area contributed by atoms with Gasteiger partial charge in [-0.05, 0) is 17.7 Å². The van der Waals surface area contributed by atoms with Crippen molar-refractivity contribution in [3.63, 3.8) is 0 Å². The Morgan fingerprint density at radius 2 is 1.35 bits per heavy atom. The monoisotopic (exact) mass is 285 g/mol. The molecule has 3 nitrogen and oxygen atoms in total. The minimum atomic E-state index is -0.440. The standard InChI is InChI=1S/C16H12ClNO2/c17-10-14(11-6-2-1-3-7-11)18-15(19)12-8-4-5-9-13(12)16(18)20/h1-9,14H,10H2/t14-/m0/s1. The van der Waals surface area contributed by atoms with Crippen LogP contribution in [0.4, 0.5) is 0 Å². The van der Waals surface area contributed by atoms with Crippen molar-refractivity contribution in [1.29, 1.82) is 0 Å². The molecule has 0 aromatic heterocycles. The summed E-state index contributed by atoms with van der Waals surface area (Å²) in [6.45, 7) is 0. The number of imide groups is 1. The van der Waals surface area contributed by atoms with Crippen LogP contribution in [0.1, 0.15) is 32.3 Å². The van der Waals surface area contributed by atoms with E-state index in [4.69, 9.17) is 11.6 Å². The Hall–Kier alpha value is -2.13. The van der Waals surface area contributed by atoms with E-state index in [0.717, 1.165) is 5.56 Å². The van der Waals surface area contributed by atoms with E-state index in [2.05, 4.69) is 0 Å². The molecule has 1 atom stereocenters. The van der Waals surface area contributed by atoms with Crippen molar-refractivity contribution in [3.8, 4) is 0 Å². The van der Waals surface area contributed by atoms with Crippen molar-refractivity contribution in [2.75, 3.05) is 5.88 Å². The van der Waals surface area contributed by atoms with Gasteiger partial charge in [0.2, 0.25) is 0 Å². The molecule has 1 aliphatic heterocycles. The molecule has 0 aliphatic carbocycles. The van der Waals surface area contributed by atoms with Crippen molar-refractivity contribution in [2.45, 2.75) is 6.04 Å². The summed E-state index contributed by atoms with van der Waals surface area (Å²) >= 11 is 6.01. The minimum Gasteiger partial charge on any atom is -0.269 e. The van der Waals surface area contributed by atoms with Crippen LogP contribution in [0.25, 0.3) is 0 Å². The zero-order valence-corrected chi connectivity index (χ0v) is 11.4. The molecule has 0 N–H and O–H groups in total.